The van der Waals surface area contributed by atoms with Gasteiger partial charge in [0.25, 0.3) is 0 Å². The van der Waals surface area contributed by atoms with Crippen LogP contribution in [0.2, 0.25) is 0 Å². The summed E-state index contributed by atoms with van der Waals surface area (Å²) in [6, 6.07) is 0. The topological polar surface area (TPSA) is 19.9 Å². The molecule has 0 spiro atoms. The molecule has 0 amide bonds. The highest BCUT2D eigenvalue weighted by molar-refractivity contribution is 6.19. The van der Waals surface area contributed by atoms with Gasteiger partial charge in [-0.25, -0.2) is 5.11 Å². The summed E-state index contributed by atoms with van der Waals surface area (Å²) in [6.45, 7) is 0. The van der Waals surface area contributed by atoms with Crippen molar-refractivity contribution in [1.82, 2.24) is 0 Å². The standard InChI is InChI=1S/C4H7Cl2O/c5-2-1-4(7)3-6/h4H,1-3H2. The molecule has 0 aromatic heterocycles. The van der Waals surface area contributed by atoms with E-state index in [4.69, 9.17) is 23.2 Å². The van der Waals surface area contributed by atoms with Crippen LogP contribution >= 0.6 is 23.2 Å². The molecule has 0 saturated heterocycles. The lowest BCUT2D eigenvalue weighted by Crippen LogP contribution is -2.05. The summed E-state index contributed by atoms with van der Waals surface area (Å²) in [6.07, 6.45) is -0.190. The molecule has 0 aliphatic rings. The van der Waals surface area contributed by atoms with Gasteiger partial charge in [0.05, 0.1) is 5.88 Å². The van der Waals surface area contributed by atoms with Gasteiger partial charge in [-0.3, -0.25) is 0 Å². The van der Waals surface area contributed by atoms with Crippen LogP contribution in [0.4, 0.5) is 0 Å². The molecule has 1 nitrogen and oxygen atoms in total. The lowest BCUT2D eigenvalue weighted by Gasteiger charge is -1.96. The summed E-state index contributed by atoms with van der Waals surface area (Å²) in [5.74, 6) is 0.591. The Hall–Kier alpha value is 0.540. The first-order chi connectivity index (χ1) is 3.31. The summed E-state index contributed by atoms with van der Waals surface area (Å²) >= 11 is 10.4. The van der Waals surface area contributed by atoms with E-state index in [0.29, 0.717) is 12.3 Å². The Balaban J connectivity index is 2.83. The SMILES string of the molecule is [O]C(CCl)CCCl. The van der Waals surface area contributed by atoms with Crippen molar-refractivity contribution >= 4 is 23.2 Å². The first-order valence-corrected chi connectivity index (χ1v) is 3.16. The zero-order chi connectivity index (χ0) is 5.70. The molecule has 1 unspecified atom stereocenters. The molecule has 0 bridgehead atoms. The fourth-order valence-corrected chi connectivity index (χ4v) is 0.597. The minimum absolute atomic E-state index is 0.173. The number of hydrogen-bond acceptors (Lipinski definition) is 0. The number of halogens is 2. The molecule has 0 rings (SSSR count). The van der Waals surface area contributed by atoms with Gasteiger partial charge < -0.3 is 0 Å². The molecule has 0 fully saturated rings. The van der Waals surface area contributed by atoms with E-state index < -0.39 is 6.10 Å². The average Bonchev–Trinajstić information content (AvgIpc) is 1.68. The van der Waals surface area contributed by atoms with Crippen LogP contribution in [0.3, 0.4) is 0 Å². The van der Waals surface area contributed by atoms with Crippen molar-refractivity contribution in [3.8, 4) is 0 Å². The van der Waals surface area contributed by atoms with Crippen LogP contribution in [0.25, 0.3) is 0 Å². The van der Waals surface area contributed by atoms with E-state index in [0.717, 1.165) is 0 Å². The minimum Gasteiger partial charge on any atom is -0.232 e. The van der Waals surface area contributed by atoms with Gasteiger partial charge in [0.15, 0.2) is 0 Å². The zero-order valence-electron chi connectivity index (χ0n) is 3.86. The van der Waals surface area contributed by atoms with E-state index in [-0.39, 0.29) is 5.88 Å². The second kappa shape index (κ2) is 4.69. The van der Waals surface area contributed by atoms with Gasteiger partial charge in [0, 0.05) is 5.88 Å². The predicted octanol–water partition coefficient (Wildman–Crippen LogP) is 1.65. The molecule has 0 saturated carbocycles. The Morgan fingerprint density at radius 2 is 2.00 bits per heavy atom. The Bertz CT molecular complexity index is 40.7. The fourth-order valence-electron chi connectivity index (χ4n) is 0.199. The summed E-state index contributed by atoms with van der Waals surface area (Å²) in [5.41, 5.74) is 0. The zero-order valence-corrected chi connectivity index (χ0v) is 5.37. The number of hydrogen-bond donors (Lipinski definition) is 0. The molecule has 0 N–H and O–H groups in total. The fraction of sp³-hybridized carbons (Fsp3) is 1.00. The van der Waals surface area contributed by atoms with Crippen LogP contribution in [-0.4, -0.2) is 17.9 Å². The van der Waals surface area contributed by atoms with Crippen LogP contribution in [0.15, 0.2) is 0 Å². The molecule has 3 heteroatoms. The number of alkyl halides is 2. The van der Waals surface area contributed by atoms with Crippen molar-refractivity contribution in [2.45, 2.75) is 12.5 Å². The maximum Gasteiger partial charge on any atom is 0.108 e. The van der Waals surface area contributed by atoms with Crippen LogP contribution < -0.4 is 0 Å². The maximum absolute atomic E-state index is 10.3. The molecule has 43 valence electrons. The maximum atomic E-state index is 10.3. The third-order valence-electron chi connectivity index (χ3n) is 0.603. The Morgan fingerprint density at radius 1 is 1.43 bits per heavy atom. The van der Waals surface area contributed by atoms with Gasteiger partial charge in [-0.05, 0) is 6.42 Å². The lowest BCUT2D eigenvalue weighted by molar-refractivity contribution is 0.106. The molecule has 0 aromatic carbocycles. The third-order valence-corrected chi connectivity index (χ3v) is 1.17. The summed E-state index contributed by atoms with van der Waals surface area (Å²) < 4.78 is 0. The van der Waals surface area contributed by atoms with E-state index >= 15 is 0 Å². The van der Waals surface area contributed by atoms with Crippen LogP contribution in [-0.2, 0) is 5.11 Å². The van der Waals surface area contributed by atoms with Crippen LogP contribution in [0, 0.1) is 0 Å². The van der Waals surface area contributed by atoms with Crippen molar-refractivity contribution in [2.24, 2.45) is 0 Å². The highest BCUT2D eigenvalue weighted by Gasteiger charge is 1.99. The molecular weight excluding hydrogens is 135 g/mol. The Labute approximate surface area is 53.2 Å². The van der Waals surface area contributed by atoms with Gasteiger partial charge in [0.1, 0.15) is 6.10 Å². The molecule has 0 aromatic rings. The van der Waals surface area contributed by atoms with Gasteiger partial charge in [-0.2, -0.15) is 0 Å². The largest absolute Gasteiger partial charge is 0.232 e. The predicted molar refractivity (Wildman–Crippen MR) is 30.5 cm³/mol. The van der Waals surface area contributed by atoms with Crippen LogP contribution in [0.5, 0.6) is 0 Å². The first-order valence-electron chi connectivity index (χ1n) is 2.09. The van der Waals surface area contributed by atoms with E-state index in [1.165, 1.54) is 0 Å². The molecule has 0 aliphatic heterocycles. The van der Waals surface area contributed by atoms with Crippen LogP contribution in [0.1, 0.15) is 6.42 Å². The molecule has 0 aliphatic carbocycles. The van der Waals surface area contributed by atoms with Crippen molar-refractivity contribution in [3.05, 3.63) is 0 Å². The van der Waals surface area contributed by atoms with Gasteiger partial charge in [-0.1, -0.05) is 0 Å². The highest BCUT2D eigenvalue weighted by atomic mass is 35.5. The second-order valence-electron chi connectivity index (χ2n) is 1.25. The van der Waals surface area contributed by atoms with Gasteiger partial charge in [-0.15, -0.1) is 23.2 Å². The molecule has 1 radical (unpaired) electrons. The normalized spacial score (nSPS) is 14.1. The highest BCUT2D eigenvalue weighted by Crippen LogP contribution is 1.95. The Kier molecular flexibility index (Phi) is 5.05. The van der Waals surface area contributed by atoms with Crippen molar-refractivity contribution in [3.63, 3.8) is 0 Å². The third kappa shape index (κ3) is 4.39. The second-order valence-corrected chi connectivity index (χ2v) is 1.94. The van der Waals surface area contributed by atoms with E-state index in [9.17, 15) is 5.11 Å². The number of rotatable bonds is 3. The quantitative estimate of drug-likeness (QED) is 0.534. The van der Waals surface area contributed by atoms with Crippen molar-refractivity contribution in [2.75, 3.05) is 11.8 Å². The van der Waals surface area contributed by atoms with Crippen molar-refractivity contribution < 1.29 is 5.11 Å². The monoisotopic (exact) mass is 141 g/mol. The smallest absolute Gasteiger partial charge is 0.108 e. The summed E-state index contributed by atoms with van der Waals surface area (Å²) in [5, 5.41) is 10.3. The van der Waals surface area contributed by atoms with Crippen molar-refractivity contribution in [1.29, 1.82) is 0 Å². The summed E-state index contributed by atoms with van der Waals surface area (Å²) in [4.78, 5) is 0. The average molecular weight is 142 g/mol. The molecule has 7 heavy (non-hydrogen) atoms. The first kappa shape index (κ1) is 7.54. The van der Waals surface area contributed by atoms with E-state index in [1.54, 1.807) is 0 Å². The summed E-state index contributed by atoms with van der Waals surface area (Å²) in [7, 11) is 0. The van der Waals surface area contributed by atoms with Gasteiger partial charge >= 0.3 is 0 Å². The Morgan fingerprint density at radius 3 is 2.14 bits per heavy atom. The van der Waals surface area contributed by atoms with Gasteiger partial charge in [0.2, 0.25) is 0 Å². The minimum atomic E-state index is -0.667. The molecular formula is C4H7Cl2O. The lowest BCUT2D eigenvalue weighted by atomic mass is 10.3. The molecule has 0 heterocycles. The van der Waals surface area contributed by atoms with E-state index in [1.807, 2.05) is 0 Å². The van der Waals surface area contributed by atoms with E-state index in [2.05, 4.69) is 0 Å². The molecule has 1 atom stereocenters.